The summed E-state index contributed by atoms with van der Waals surface area (Å²) < 4.78 is 10.4. The summed E-state index contributed by atoms with van der Waals surface area (Å²) in [5, 5.41) is 2.87. The van der Waals surface area contributed by atoms with Crippen molar-refractivity contribution in [3.05, 3.63) is 58.1 Å². The Kier molecular flexibility index (Phi) is 6.46. The van der Waals surface area contributed by atoms with Gasteiger partial charge in [0.25, 0.3) is 11.8 Å². The zero-order chi connectivity index (χ0) is 19.3. The Morgan fingerprint density at radius 2 is 1.73 bits per heavy atom. The van der Waals surface area contributed by atoms with Crippen LogP contribution in [0.25, 0.3) is 0 Å². The molecule has 0 aromatic heterocycles. The van der Waals surface area contributed by atoms with Gasteiger partial charge >= 0.3 is 0 Å². The lowest BCUT2D eigenvalue weighted by molar-refractivity contribution is 0.0784. The highest BCUT2D eigenvalue weighted by molar-refractivity contribution is 6.32. The van der Waals surface area contributed by atoms with Gasteiger partial charge in [-0.2, -0.15) is 0 Å². The zero-order valence-electron chi connectivity index (χ0n) is 15.1. The summed E-state index contributed by atoms with van der Waals surface area (Å²) >= 11 is 6.17. The molecular formula is C19H21ClN2O4. The first kappa shape index (κ1) is 19.6. The van der Waals surface area contributed by atoms with Crippen molar-refractivity contribution in [2.24, 2.45) is 0 Å². The molecule has 0 saturated heterocycles. The topological polar surface area (TPSA) is 67.9 Å². The summed E-state index contributed by atoms with van der Waals surface area (Å²) in [5.41, 5.74) is 1.87. The van der Waals surface area contributed by atoms with Crippen LogP contribution in [0.5, 0.6) is 11.5 Å². The molecule has 0 heterocycles. The molecule has 2 rings (SSSR count). The summed E-state index contributed by atoms with van der Waals surface area (Å²) in [6.07, 6.45) is 0. The average Bonchev–Trinajstić information content (AvgIpc) is 2.66. The molecule has 0 fully saturated rings. The first-order valence-corrected chi connectivity index (χ1v) is 8.27. The van der Waals surface area contributed by atoms with E-state index in [9.17, 15) is 9.59 Å². The van der Waals surface area contributed by atoms with Gasteiger partial charge in [-0.15, -0.1) is 0 Å². The summed E-state index contributed by atoms with van der Waals surface area (Å²) in [5.74, 6) is 0.425. The molecule has 0 bridgehead atoms. The minimum Gasteiger partial charge on any atom is -0.493 e. The summed E-state index contributed by atoms with van der Waals surface area (Å²) in [4.78, 5) is 25.8. The lowest BCUT2D eigenvalue weighted by Gasteiger charge is -2.19. The van der Waals surface area contributed by atoms with E-state index in [0.717, 1.165) is 5.56 Å². The van der Waals surface area contributed by atoms with Crippen LogP contribution in [0.4, 0.5) is 0 Å². The first-order chi connectivity index (χ1) is 12.4. The molecule has 2 amide bonds. The van der Waals surface area contributed by atoms with Gasteiger partial charge in [0.15, 0.2) is 11.5 Å². The molecule has 0 aliphatic heterocycles. The van der Waals surface area contributed by atoms with Crippen molar-refractivity contribution >= 4 is 23.4 Å². The van der Waals surface area contributed by atoms with E-state index in [1.54, 1.807) is 43.3 Å². The fourth-order valence-electron chi connectivity index (χ4n) is 2.51. The fourth-order valence-corrected chi connectivity index (χ4v) is 2.80. The van der Waals surface area contributed by atoms with Crippen LogP contribution >= 0.6 is 11.6 Å². The normalized spacial score (nSPS) is 10.2. The van der Waals surface area contributed by atoms with Crippen molar-refractivity contribution in [1.29, 1.82) is 0 Å². The molecule has 0 saturated carbocycles. The monoisotopic (exact) mass is 376 g/mol. The van der Waals surface area contributed by atoms with Crippen LogP contribution in [-0.2, 0) is 6.54 Å². The van der Waals surface area contributed by atoms with Gasteiger partial charge in [-0.3, -0.25) is 9.59 Å². The van der Waals surface area contributed by atoms with Gasteiger partial charge in [0.2, 0.25) is 0 Å². The predicted octanol–water partition coefficient (Wildman–Crippen LogP) is 2.99. The van der Waals surface area contributed by atoms with Crippen LogP contribution in [0.2, 0.25) is 5.02 Å². The minimum atomic E-state index is -0.205. The number of rotatable bonds is 6. The number of carbonyl (C=O) groups is 2. The molecule has 2 aromatic carbocycles. The maximum absolute atomic E-state index is 12.7. The second-order valence-corrected chi connectivity index (χ2v) is 6.04. The highest BCUT2D eigenvalue weighted by Gasteiger charge is 2.18. The van der Waals surface area contributed by atoms with Crippen molar-refractivity contribution in [3.8, 4) is 11.5 Å². The van der Waals surface area contributed by atoms with E-state index in [4.69, 9.17) is 21.1 Å². The molecular weight excluding hydrogens is 356 g/mol. The summed E-state index contributed by atoms with van der Waals surface area (Å²) in [7, 11) is 6.25. The molecule has 0 spiro atoms. The smallest absolute Gasteiger partial charge is 0.254 e. The highest BCUT2D eigenvalue weighted by Crippen LogP contribution is 2.36. The molecule has 0 radical (unpaired) electrons. The summed E-state index contributed by atoms with van der Waals surface area (Å²) in [6, 6.07) is 10.2. The zero-order valence-corrected chi connectivity index (χ0v) is 15.9. The molecule has 0 atom stereocenters. The molecule has 0 aliphatic rings. The lowest BCUT2D eigenvalue weighted by atomic mass is 10.1. The Hall–Kier alpha value is -2.73. The van der Waals surface area contributed by atoms with Crippen LogP contribution in [0.3, 0.4) is 0 Å². The van der Waals surface area contributed by atoms with E-state index < -0.39 is 0 Å². The maximum Gasteiger partial charge on any atom is 0.254 e. The van der Waals surface area contributed by atoms with Gasteiger partial charge in [0.1, 0.15) is 0 Å². The van der Waals surface area contributed by atoms with Gasteiger partial charge in [-0.25, -0.2) is 0 Å². The number of halogens is 1. The Morgan fingerprint density at radius 3 is 2.27 bits per heavy atom. The number of carbonyl (C=O) groups excluding carboxylic acids is 2. The van der Waals surface area contributed by atoms with Crippen LogP contribution in [0.1, 0.15) is 26.3 Å². The molecule has 138 valence electrons. The maximum atomic E-state index is 12.7. The van der Waals surface area contributed by atoms with Crippen LogP contribution in [0.15, 0.2) is 36.4 Å². The Balaban J connectivity index is 2.17. The van der Waals surface area contributed by atoms with Crippen molar-refractivity contribution in [2.75, 3.05) is 28.3 Å². The van der Waals surface area contributed by atoms with Gasteiger partial charge < -0.3 is 19.7 Å². The van der Waals surface area contributed by atoms with E-state index in [2.05, 4.69) is 5.32 Å². The minimum absolute atomic E-state index is 0.152. The Morgan fingerprint density at radius 1 is 1.08 bits per heavy atom. The number of ether oxygens (including phenoxy) is 2. The van der Waals surface area contributed by atoms with E-state index in [-0.39, 0.29) is 11.8 Å². The largest absolute Gasteiger partial charge is 0.493 e. The molecule has 6 nitrogen and oxygen atoms in total. The molecule has 1 N–H and O–H groups in total. The number of benzene rings is 2. The first-order valence-electron chi connectivity index (χ1n) is 7.89. The molecule has 26 heavy (non-hydrogen) atoms. The number of methoxy groups -OCH3 is 2. The van der Waals surface area contributed by atoms with Crippen molar-refractivity contribution in [1.82, 2.24) is 10.2 Å². The average molecular weight is 377 g/mol. The van der Waals surface area contributed by atoms with Crippen LogP contribution < -0.4 is 14.8 Å². The Labute approximate surface area is 157 Å². The van der Waals surface area contributed by atoms with Gasteiger partial charge in [-0.05, 0) is 29.8 Å². The third-order valence-corrected chi connectivity index (χ3v) is 4.17. The van der Waals surface area contributed by atoms with E-state index >= 15 is 0 Å². The number of hydrogen-bond acceptors (Lipinski definition) is 4. The lowest BCUT2D eigenvalue weighted by Crippen LogP contribution is -2.26. The van der Waals surface area contributed by atoms with E-state index in [0.29, 0.717) is 34.2 Å². The van der Waals surface area contributed by atoms with Crippen molar-refractivity contribution < 1.29 is 19.1 Å². The quantitative estimate of drug-likeness (QED) is 0.841. The Bertz CT molecular complexity index is 806. The molecule has 2 aromatic rings. The second kappa shape index (κ2) is 8.58. The molecule has 7 heteroatoms. The van der Waals surface area contributed by atoms with Crippen LogP contribution in [-0.4, -0.2) is 45.0 Å². The molecule has 0 unspecified atom stereocenters. The highest BCUT2D eigenvalue weighted by atomic mass is 35.5. The van der Waals surface area contributed by atoms with E-state index in [1.165, 1.54) is 14.2 Å². The second-order valence-electron chi connectivity index (χ2n) is 5.63. The third-order valence-electron chi connectivity index (χ3n) is 3.89. The summed E-state index contributed by atoms with van der Waals surface area (Å²) in [6.45, 7) is 0.388. The van der Waals surface area contributed by atoms with Gasteiger partial charge in [0, 0.05) is 31.8 Å². The van der Waals surface area contributed by atoms with Gasteiger partial charge in [-0.1, -0.05) is 23.7 Å². The predicted molar refractivity (Wildman–Crippen MR) is 100 cm³/mol. The van der Waals surface area contributed by atoms with Gasteiger partial charge in [0.05, 0.1) is 19.2 Å². The number of amides is 2. The van der Waals surface area contributed by atoms with Crippen molar-refractivity contribution in [3.63, 3.8) is 0 Å². The molecule has 0 aliphatic carbocycles. The number of nitrogens with zero attached hydrogens (tertiary/aromatic N) is 1. The van der Waals surface area contributed by atoms with Crippen LogP contribution in [0, 0.1) is 0 Å². The number of hydrogen-bond donors (Lipinski definition) is 1. The van der Waals surface area contributed by atoms with Crippen molar-refractivity contribution in [2.45, 2.75) is 6.54 Å². The van der Waals surface area contributed by atoms with E-state index in [1.807, 2.05) is 12.1 Å². The SMILES string of the molecule is CNC(=O)c1ccc(CN(C)C(=O)c2cc(Cl)c(OC)c(OC)c2)cc1. The third kappa shape index (κ3) is 4.26. The number of nitrogens with one attached hydrogen (secondary N) is 1. The fraction of sp³-hybridized carbons (Fsp3) is 0.263. The standard InChI is InChI=1S/C19H21ClN2O4/c1-21-18(23)13-7-5-12(6-8-13)11-22(2)19(24)14-9-15(20)17(26-4)16(10-14)25-3/h5-10H,11H2,1-4H3,(H,21,23).